The number of carbonyl (C=O) groups excluding carboxylic acids is 1. The Kier molecular flexibility index (Phi) is 6.10. The van der Waals surface area contributed by atoms with E-state index in [1.54, 1.807) is 13.8 Å². The molecule has 1 N–H and O–H groups in total. The Morgan fingerprint density at radius 1 is 1.43 bits per heavy atom. The summed E-state index contributed by atoms with van der Waals surface area (Å²) in [5, 5.41) is 20.5. The number of non-ortho nitro benzene ring substituents is 1. The average molecular weight is 297 g/mol. The van der Waals surface area contributed by atoms with Gasteiger partial charge in [0.1, 0.15) is 5.75 Å². The van der Waals surface area contributed by atoms with Crippen LogP contribution in [0, 0.1) is 10.1 Å². The van der Waals surface area contributed by atoms with Gasteiger partial charge in [0.25, 0.3) is 5.69 Å². The first-order valence-electron chi connectivity index (χ1n) is 6.70. The normalized spacial score (nSPS) is 13.3. The number of nitro benzene ring substituents is 1. The highest BCUT2D eigenvalue weighted by Crippen LogP contribution is 2.30. The highest BCUT2D eigenvalue weighted by Gasteiger charge is 2.23. The van der Waals surface area contributed by atoms with Gasteiger partial charge in [-0.15, -0.1) is 0 Å². The van der Waals surface area contributed by atoms with Crippen molar-refractivity contribution in [1.82, 2.24) is 0 Å². The summed E-state index contributed by atoms with van der Waals surface area (Å²) >= 11 is 0. The molecule has 2 unspecified atom stereocenters. The second-order valence-electron chi connectivity index (χ2n) is 4.42. The van der Waals surface area contributed by atoms with E-state index in [4.69, 9.17) is 9.47 Å². The van der Waals surface area contributed by atoms with Gasteiger partial charge in [0, 0.05) is 17.7 Å². The third-order valence-electron chi connectivity index (χ3n) is 2.84. The Bertz CT molecular complexity index is 514. The molecule has 0 saturated carbocycles. The van der Waals surface area contributed by atoms with Crippen molar-refractivity contribution in [3.05, 3.63) is 33.9 Å². The van der Waals surface area contributed by atoms with E-state index in [0.29, 0.717) is 6.42 Å². The van der Waals surface area contributed by atoms with E-state index in [2.05, 4.69) is 0 Å². The molecule has 1 aromatic rings. The molecule has 0 spiro atoms. The van der Waals surface area contributed by atoms with Crippen molar-refractivity contribution in [2.75, 3.05) is 6.61 Å². The average Bonchev–Trinajstić information content (AvgIpc) is 2.44. The molecule has 116 valence electrons. The maximum Gasteiger partial charge on any atom is 0.347 e. The van der Waals surface area contributed by atoms with Crippen LogP contribution in [0.1, 0.15) is 38.9 Å². The van der Waals surface area contributed by atoms with Crippen LogP contribution in [0.3, 0.4) is 0 Å². The quantitative estimate of drug-likeness (QED) is 0.471. The third-order valence-corrected chi connectivity index (χ3v) is 2.84. The molecule has 2 atom stereocenters. The van der Waals surface area contributed by atoms with Crippen LogP contribution in [0.15, 0.2) is 18.2 Å². The number of hydrogen-bond donors (Lipinski definition) is 1. The summed E-state index contributed by atoms with van der Waals surface area (Å²) in [6, 6.07) is 3.87. The van der Waals surface area contributed by atoms with E-state index in [-0.39, 0.29) is 23.6 Å². The number of aliphatic hydroxyl groups excluding tert-OH is 1. The Morgan fingerprint density at radius 3 is 2.57 bits per heavy atom. The number of carbonyl (C=O) groups is 1. The number of nitrogens with zero attached hydrogens (tertiary/aromatic N) is 1. The smallest absolute Gasteiger partial charge is 0.347 e. The second-order valence-corrected chi connectivity index (χ2v) is 4.42. The lowest BCUT2D eigenvalue weighted by atomic mass is 10.1. The molecular formula is C14H19NO6. The molecule has 0 amide bonds. The zero-order valence-corrected chi connectivity index (χ0v) is 12.2. The number of benzene rings is 1. The number of rotatable bonds is 7. The van der Waals surface area contributed by atoms with Crippen LogP contribution in [0.25, 0.3) is 0 Å². The molecule has 0 aliphatic carbocycles. The van der Waals surface area contributed by atoms with E-state index in [9.17, 15) is 20.0 Å². The van der Waals surface area contributed by atoms with Crippen LogP contribution in [-0.4, -0.2) is 28.7 Å². The van der Waals surface area contributed by atoms with Crippen LogP contribution >= 0.6 is 0 Å². The van der Waals surface area contributed by atoms with Gasteiger partial charge < -0.3 is 14.6 Å². The molecule has 0 saturated heterocycles. The first-order valence-corrected chi connectivity index (χ1v) is 6.70. The highest BCUT2D eigenvalue weighted by molar-refractivity contribution is 5.75. The van der Waals surface area contributed by atoms with Gasteiger partial charge in [-0.25, -0.2) is 4.79 Å². The van der Waals surface area contributed by atoms with Crippen molar-refractivity contribution in [3.63, 3.8) is 0 Å². The topological polar surface area (TPSA) is 98.9 Å². The van der Waals surface area contributed by atoms with Crippen molar-refractivity contribution in [1.29, 1.82) is 0 Å². The molecule has 0 radical (unpaired) electrons. The largest absolute Gasteiger partial charge is 0.478 e. The fourth-order valence-electron chi connectivity index (χ4n) is 1.77. The standard InChI is InChI=1S/C14H19NO6/c1-4-12(14(17)20-5-2)21-13-7-6-10(15(18)19)8-11(13)9(3)16/h6-9,12,16H,4-5H2,1-3H3. The molecular weight excluding hydrogens is 278 g/mol. The Morgan fingerprint density at radius 2 is 2.10 bits per heavy atom. The lowest BCUT2D eigenvalue weighted by Crippen LogP contribution is -2.29. The van der Waals surface area contributed by atoms with E-state index in [1.165, 1.54) is 25.1 Å². The second kappa shape index (κ2) is 7.58. The van der Waals surface area contributed by atoms with Gasteiger partial charge in [0.05, 0.1) is 17.6 Å². The zero-order chi connectivity index (χ0) is 16.0. The summed E-state index contributed by atoms with van der Waals surface area (Å²) in [6.45, 7) is 5.16. The zero-order valence-electron chi connectivity index (χ0n) is 12.2. The maximum atomic E-state index is 11.7. The minimum Gasteiger partial charge on any atom is -0.478 e. The molecule has 0 aliphatic rings. The fraction of sp³-hybridized carbons (Fsp3) is 0.500. The van der Waals surface area contributed by atoms with Crippen molar-refractivity contribution >= 4 is 11.7 Å². The van der Waals surface area contributed by atoms with Crippen LogP contribution < -0.4 is 4.74 Å². The number of aliphatic hydroxyl groups is 1. The van der Waals surface area contributed by atoms with Gasteiger partial charge in [-0.1, -0.05) is 6.92 Å². The minimum absolute atomic E-state index is 0.151. The Labute approximate surface area is 122 Å². The number of nitro groups is 1. The highest BCUT2D eigenvalue weighted by atomic mass is 16.6. The van der Waals surface area contributed by atoms with Gasteiger partial charge in [-0.05, 0) is 26.3 Å². The van der Waals surface area contributed by atoms with Crippen molar-refractivity contribution in [2.24, 2.45) is 0 Å². The predicted molar refractivity (Wildman–Crippen MR) is 75.1 cm³/mol. The van der Waals surface area contributed by atoms with Gasteiger partial charge in [-0.3, -0.25) is 10.1 Å². The van der Waals surface area contributed by atoms with Gasteiger partial charge in [-0.2, -0.15) is 0 Å². The lowest BCUT2D eigenvalue weighted by molar-refractivity contribution is -0.385. The van der Waals surface area contributed by atoms with Crippen molar-refractivity contribution in [3.8, 4) is 5.75 Å². The van der Waals surface area contributed by atoms with Crippen LogP contribution in [0.4, 0.5) is 5.69 Å². The van der Waals surface area contributed by atoms with Crippen LogP contribution in [0.2, 0.25) is 0 Å². The Balaban J connectivity index is 3.06. The molecule has 0 fully saturated rings. The van der Waals surface area contributed by atoms with E-state index < -0.39 is 23.1 Å². The Hall–Kier alpha value is -2.15. The summed E-state index contributed by atoms with van der Waals surface area (Å²) < 4.78 is 10.4. The van der Waals surface area contributed by atoms with Gasteiger partial charge >= 0.3 is 5.97 Å². The SMILES string of the molecule is CCOC(=O)C(CC)Oc1ccc([N+](=O)[O-])cc1C(C)O. The van der Waals surface area contributed by atoms with Crippen LogP contribution in [0.5, 0.6) is 5.75 Å². The predicted octanol–water partition coefficient (Wildman–Crippen LogP) is 2.37. The first-order chi connectivity index (χ1) is 9.90. The summed E-state index contributed by atoms with van der Waals surface area (Å²) in [5.41, 5.74) is 0.106. The summed E-state index contributed by atoms with van der Waals surface area (Å²) in [5.74, 6) is -0.273. The number of hydrogen-bond acceptors (Lipinski definition) is 6. The molecule has 0 aliphatic heterocycles. The van der Waals surface area contributed by atoms with Crippen LogP contribution in [-0.2, 0) is 9.53 Å². The number of ether oxygens (including phenoxy) is 2. The molecule has 7 nitrogen and oxygen atoms in total. The monoisotopic (exact) mass is 297 g/mol. The molecule has 21 heavy (non-hydrogen) atoms. The first kappa shape index (κ1) is 16.9. The van der Waals surface area contributed by atoms with Gasteiger partial charge in [0.2, 0.25) is 0 Å². The molecule has 0 bridgehead atoms. The number of esters is 1. The molecule has 1 rings (SSSR count). The lowest BCUT2D eigenvalue weighted by Gasteiger charge is -2.19. The maximum absolute atomic E-state index is 11.7. The minimum atomic E-state index is -0.959. The van der Waals surface area contributed by atoms with Crippen molar-refractivity contribution < 1.29 is 24.3 Å². The fourth-order valence-corrected chi connectivity index (χ4v) is 1.77. The molecule has 0 heterocycles. The van der Waals surface area contributed by atoms with E-state index in [0.717, 1.165) is 0 Å². The van der Waals surface area contributed by atoms with E-state index >= 15 is 0 Å². The van der Waals surface area contributed by atoms with E-state index in [1.807, 2.05) is 0 Å². The summed E-state index contributed by atoms with van der Waals surface area (Å²) in [4.78, 5) is 21.9. The molecule has 1 aromatic carbocycles. The van der Waals surface area contributed by atoms with Gasteiger partial charge in [0.15, 0.2) is 6.10 Å². The molecule has 0 aromatic heterocycles. The van der Waals surface area contributed by atoms with Crippen molar-refractivity contribution in [2.45, 2.75) is 39.4 Å². The molecule has 7 heteroatoms. The third kappa shape index (κ3) is 4.42. The summed E-state index contributed by atoms with van der Waals surface area (Å²) in [6.07, 6.45) is -1.39. The summed E-state index contributed by atoms with van der Waals surface area (Å²) in [7, 11) is 0.